The summed E-state index contributed by atoms with van der Waals surface area (Å²) >= 11 is 0. The number of hydrogen-bond acceptors (Lipinski definition) is 6. The van der Waals surface area contributed by atoms with Crippen molar-refractivity contribution in [3.63, 3.8) is 0 Å². The summed E-state index contributed by atoms with van der Waals surface area (Å²) < 4.78 is 21.6. The highest BCUT2D eigenvalue weighted by molar-refractivity contribution is 5.10. The lowest BCUT2D eigenvalue weighted by Gasteiger charge is -2.19. The molecule has 0 saturated carbocycles. The van der Waals surface area contributed by atoms with Crippen molar-refractivity contribution in [1.29, 1.82) is 0 Å². The molecule has 0 aromatic carbocycles. The number of aliphatic hydroxyl groups excluding tert-OH is 2. The Hall–Kier alpha value is -0.240. The van der Waals surface area contributed by atoms with Crippen molar-refractivity contribution in [2.45, 2.75) is 49.3 Å². The molecule has 3 rings (SSSR count). The Morgan fingerprint density at radius 3 is 2.58 bits per heavy atom. The van der Waals surface area contributed by atoms with E-state index in [0.29, 0.717) is 32.5 Å². The van der Waals surface area contributed by atoms with Crippen molar-refractivity contribution in [3.05, 3.63) is 0 Å². The maximum absolute atomic E-state index is 10.3. The zero-order valence-corrected chi connectivity index (χ0v) is 11.0. The molecule has 6 heteroatoms. The molecule has 0 aromatic heterocycles. The molecule has 0 aliphatic carbocycles. The lowest BCUT2D eigenvalue weighted by Crippen LogP contribution is -2.35. The molecule has 0 radical (unpaired) electrons. The van der Waals surface area contributed by atoms with Gasteiger partial charge in [0.05, 0.1) is 38.6 Å². The second-order valence-electron chi connectivity index (χ2n) is 5.60. The first kappa shape index (κ1) is 13.7. The molecule has 3 aliphatic heterocycles. The van der Waals surface area contributed by atoms with Crippen LogP contribution < -0.4 is 0 Å². The van der Waals surface area contributed by atoms with Crippen LogP contribution in [-0.2, 0) is 18.9 Å². The number of ether oxygens (including phenoxy) is 4. The molecule has 0 aromatic rings. The standard InChI is InChI=1S/C13H22O6/c14-3-1-2-11(15)13(4-9-6-17-9)12(19-13)8-16-5-10-7-18-10/h9-12,14-15H,1-8H2. The summed E-state index contributed by atoms with van der Waals surface area (Å²) in [5.41, 5.74) is -0.527. The summed E-state index contributed by atoms with van der Waals surface area (Å²) in [4.78, 5) is 0. The third-order valence-corrected chi connectivity index (χ3v) is 3.97. The van der Waals surface area contributed by atoms with Crippen molar-refractivity contribution in [3.8, 4) is 0 Å². The van der Waals surface area contributed by atoms with Gasteiger partial charge in [-0.25, -0.2) is 0 Å². The summed E-state index contributed by atoms with van der Waals surface area (Å²) in [6.07, 6.45) is 1.68. The summed E-state index contributed by atoms with van der Waals surface area (Å²) in [5.74, 6) is 0. The van der Waals surface area contributed by atoms with Crippen molar-refractivity contribution >= 4 is 0 Å². The van der Waals surface area contributed by atoms with Gasteiger partial charge in [0.1, 0.15) is 17.8 Å². The highest BCUT2D eigenvalue weighted by atomic mass is 16.7. The summed E-state index contributed by atoms with van der Waals surface area (Å²) in [6.45, 7) is 2.71. The first-order chi connectivity index (χ1) is 9.24. The van der Waals surface area contributed by atoms with Gasteiger partial charge in [0.25, 0.3) is 0 Å². The normalized spacial score (nSPS) is 41.1. The van der Waals surface area contributed by atoms with Gasteiger partial charge in [-0.3, -0.25) is 0 Å². The minimum absolute atomic E-state index is 0.0656. The Balaban J connectivity index is 1.46. The third-order valence-electron chi connectivity index (χ3n) is 3.97. The van der Waals surface area contributed by atoms with E-state index in [4.69, 9.17) is 24.1 Å². The molecule has 3 fully saturated rings. The van der Waals surface area contributed by atoms with Crippen LogP contribution in [0.15, 0.2) is 0 Å². The summed E-state index contributed by atoms with van der Waals surface area (Å²) in [7, 11) is 0. The van der Waals surface area contributed by atoms with Gasteiger partial charge in [0, 0.05) is 13.0 Å². The number of hydrogen-bond donors (Lipinski definition) is 2. The van der Waals surface area contributed by atoms with Crippen molar-refractivity contribution < 1.29 is 29.2 Å². The SMILES string of the molecule is OCCCC(O)C1(CC2CO2)OC1COCC1CO1. The Kier molecular flexibility index (Phi) is 4.07. The van der Waals surface area contributed by atoms with E-state index >= 15 is 0 Å². The average Bonchev–Trinajstić information content (AvgIpc) is 3.22. The van der Waals surface area contributed by atoms with Crippen LogP contribution in [0.4, 0.5) is 0 Å². The van der Waals surface area contributed by atoms with Crippen LogP contribution >= 0.6 is 0 Å². The number of aliphatic hydroxyl groups is 2. The fourth-order valence-electron chi connectivity index (χ4n) is 2.56. The van der Waals surface area contributed by atoms with Gasteiger partial charge < -0.3 is 29.2 Å². The van der Waals surface area contributed by atoms with Gasteiger partial charge in [-0.05, 0) is 12.8 Å². The van der Waals surface area contributed by atoms with Crippen molar-refractivity contribution in [2.24, 2.45) is 0 Å². The smallest absolute Gasteiger partial charge is 0.125 e. The monoisotopic (exact) mass is 274 g/mol. The maximum atomic E-state index is 10.3. The molecule has 3 aliphatic rings. The van der Waals surface area contributed by atoms with Crippen molar-refractivity contribution in [1.82, 2.24) is 0 Å². The van der Waals surface area contributed by atoms with E-state index in [-0.39, 0.29) is 24.9 Å². The maximum Gasteiger partial charge on any atom is 0.125 e. The van der Waals surface area contributed by atoms with Crippen molar-refractivity contribution in [2.75, 3.05) is 33.0 Å². The second-order valence-corrected chi connectivity index (χ2v) is 5.60. The minimum atomic E-state index is -0.561. The number of epoxide rings is 3. The molecule has 19 heavy (non-hydrogen) atoms. The Bertz CT molecular complexity index is 304. The highest BCUT2D eigenvalue weighted by Gasteiger charge is 2.62. The zero-order valence-electron chi connectivity index (χ0n) is 11.0. The molecule has 2 N–H and O–H groups in total. The lowest BCUT2D eigenvalue weighted by atomic mass is 9.90. The highest BCUT2D eigenvalue weighted by Crippen LogP contribution is 2.47. The van der Waals surface area contributed by atoms with Gasteiger partial charge in [-0.15, -0.1) is 0 Å². The molecule has 0 amide bonds. The van der Waals surface area contributed by atoms with Crippen LogP contribution in [0.5, 0.6) is 0 Å². The van der Waals surface area contributed by atoms with Gasteiger partial charge >= 0.3 is 0 Å². The molecule has 3 heterocycles. The lowest BCUT2D eigenvalue weighted by molar-refractivity contribution is 0.0524. The van der Waals surface area contributed by atoms with E-state index in [9.17, 15) is 5.11 Å². The van der Waals surface area contributed by atoms with Gasteiger partial charge in [0.15, 0.2) is 0 Å². The van der Waals surface area contributed by atoms with Crippen LogP contribution in [0.3, 0.4) is 0 Å². The molecular formula is C13H22O6. The third kappa shape index (κ3) is 3.45. The van der Waals surface area contributed by atoms with Crippen LogP contribution in [0.2, 0.25) is 0 Å². The topological polar surface area (TPSA) is 87.3 Å². The minimum Gasteiger partial charge on any atom is -0.396 e. The molecule has 110 valence electrons. The summed E-state index contributed by atoms with van der Waals surface area (Å²) in [6, 6.07) is 0. The van der Waals surface area contributed by atoms with E-state index in [2.05, 4.69) is 0 Å². The second kappa shape index (κ2) is 5.63. The van der Waals surface area contributed by atoms with Crippen LogP contribution in [0, 0.1) is 0 Å². The van der Waals surface area contributed by atoms with E-state index in [1.807, 2.05) is 0 Å². The molecule has 6 nitrogen and oxygen atoms in total. The van der Waals surface area contributed by atoms with Gasteiger partial charge in [0.2, 0.25) is 0 Å². The Labute approximate surface area is 112 Å². The predicted molar refractivity (Wildman–Crippen MR) is 64.8 cm³/mol. The van der Waals surface area contributed by atoms with Crippen LogP contribution in [0.1, 0.15) is 19.3 Å². The van der Waals surface area contributed by atoms with E-state index < -0.39 is 11.7 Å². The van der Waals surface area contributed by atoms with Crippen LogP contribution in [0.25, 0.3) is 0 Å². The van der Waals surface area contributed by atoms with E-state index in [1.165, 1.54) is 0 Å². The fraction of sp³-hybridized carbons (Fsp3) is 1.00. The first-order valence-corrected chi connectivity index (χ1v) is 7.02. The Morgan fingerprint density at radius 1 is 1.21 bits per heavy atom. The fourth-order valence-corrected chi connectivity index (χ4v) is 2.56. The largest absolute Gasteiger partial charge is 0.396 e. The molecule has 3 saturated heterocycles. The number of rotatable bonds is 10. The van der Waals surface area contributed by atoms with E-state index in [0.717, 1.165) is 13.2 Å². The molecule has 5 unspecified atom stereocenters. The molecular weight excluding hydrogens is 252 g/mol. The quantitative estimate of drug-likeness (QED) is 0.520. The Morgan fingerprint density at radius 2 is 1.95 bits per heavy atom. The average molecular weight is 274 g/mol. The zero-order chi connectivity index (χ0) is 13.3. The molecule has 0 bridgehead atoms. The predicted octanol–water partition coefficient (Wildman–Crippen LogP) is -0.538. The first-order valence-electron chi connectivity index (χ1n) is 7.02. The molecule has 5 atom stereocenters. The van der Waals surface area contributed by atoms with E-state index in [1.54, 1.807) is 0 Å². The van der Waals surface area contributed by atoms with Gasteiger partial charge in [-0.1, -0.05) is 0 Å². The van der Waals surface area contributed by atoms with Crippen LogP contribution in [-0.4, -0.2) is 73.3 Å². The summed E-state index contributed by atoms with van der Waals surface area (Å²) in [5, 5.41) is 19.1. The van der Waals surface area contributed by atoms with Gasteiger partial charge in [-0.2, -0.15) is 0 Å². The molecule has 0 spiro atoms.